The second kappa shape index (κ2) is 13.3. The largest absolute Gasteiger partial charge is 0.309 e. The van der Waals surface area contributed by atoms with Crippen molar-refractivity contribution in [1.29, 1.82) is 0 Å². The van der Waals surface area contributed by atoms with Gasteiger partial charge >= 0.3 is 0 Å². The highest BCUT2D eigenvalue weighted by molar-refractivity contribution is 7.26. The predicted octanol–water partition coefficient (Wildman–Crippen LogP) is 14.3. The zero-order chi connectivity index (χ0) is 37.0. The molecule has 3 aromatic heterocycles. The fourth-order valence-electron chi connectivity index (χ4n) is 8.10. The summed E-state index contributed by atoms with van der Waals surface area (Å²) in [7, 11) is 0. The van der Waals surface area contributed by atoms with E-state index in [4.69, 9.17) is 9.97 Å². The average molecular weight is 732 g/mol. The first kappa shape index (κ1) is 32.3. The number of rotatable bonds is 6. The fraction of sp³-hybridized carbons (Fsp3) is 0. The number of thiophene rings is 1. The lowest BCUT2D eigenvalue weighted by molar-refractivity contribution is 1.18. The van der Waals surface area contributed by atoms with Gasteiger partial charge in [0.1, 0.15) is 0 Å². The van der Waals surface area contributed by atoms with Crippen LogP contribution >= 0.6 is 11.3 Å². The Bertz CT molecular complexity index is 3240. The monoisotopic (exact) mass is 731 g/mol. The number of benzene rings is 8. The maximum atomic E-state index is 5.28. The standard InChI is InChI=1S/C52H33N3S/c1-4-14-34(15-5-1)36-18-13-21-41(31-36)49-51-50(54-52(53-49)35-16-6-2-7-17-35)45-33-40(27-29-48(45)56-51)38-20-12-19-37(30-38)39-26-28-47-44(32-39)43-24-10-11-25-46(43)55(47)42-22-8-3-9-23-42/h1-33H. The van der Waals surface area contributed by atoms with Gasteiger partial charge < -0.3 is 4.57 Å². The van der Waals surface area contributed by atoms with Gasteiger partial charge in [-0.1, -0.05) is 146 Å². The van der Waals surface area contributed by atoms with Crippen LogP contribution in [0.25, 0.3) is 104 Å². The molecule has 0 aliphatic carbocycles. The molecule has 0 spiro atoms. The van der Waals surface area contributed by atoms with Crippen molar-refractivity contribution in [2.24, 2.45) is 0 Å². The van der Waals surface area contributed by atoms with Crippen molar-refractivity contribution in [3.05, 3.63) is 200 Å². The van der Waals surface area contributed by atoms with Crippen molar-refractivity contribution in [2.45, 2.75) is 0 Å². The molecule has 4 heteroatoms. The summed E-state index contributed by atoms with van der Waals surface area (Å²) in [5, 5.41) is 3.64. The molecule has 0 aliphatic rings. The number of para-hydroxylation sites is 2. The van der Waals surface area contributed by atoms with Gasteiger partial charge in [-0.3, -0.25) is 0 Å². The Labute approximate surface area is 328 Å². The number of hydrogen-bond donors (Lipinski definition) is 0. The van der Waals surface area contributed by atoms with Crippen LogP contribution in [0.2, 0.25) is 0 Å². The zero-order valence-electron chi connectivity index (χ0n) is 30.3. The normalized spacial score (nSPS) is 11.6. The lowest BCUT2D eigenvalue weighted by atomic mass is 9.97. The molecule has 0 amide bonds. The molecule has 0 fully saturated rings. The number of nitrogens with zero attached hydrogens (tertiary/aromatic N) is 3. The maximum Gasteiger partial charge on any atom is 0.160 e. The average Bonchev–Trinajstić information content (AvgIpc) is 3.82. The molecule has 0 atom stereocenters. The molecule has 0 saturated carbocycles. The summed E-state index contributed by atoms with van der Waals surface area (Å²) in [5.41, 5.74) is 14.7. The summed E-state index contributed by atoms with van der Waals surface area (Å²) in [5.74, 6) is 0.731. The summed E-state index contributed by atoms with van der Waals surface area (Å²) in [6, 6.07) is 71.5. The van der Waals surface area contributed by atoms with Crippen molar-refractivity contribution >= 4 is 53.4 Å². The predicted molar refractivity (Wildman–Crippen MR) is 236 cm³/mol. The molecule has 0 bridgehead atoms. The van der Waals surface area contributed by atoms with Gasteiger partial charge in [0.05, 0.1) is 26.9 Å². The highest BCUT2D eigenvalue weighted by Crippen LogP contribution is 2.42. The molecule has 262 valence electrons. The third-order valence-electron chi connectivity index (χ3n) is 10.8. The summed E-state index contributed by atoms with van der Waals surface area (Å²) < 4.78 is 4.66. The number of aromatic nitrogens is 3. The molecule has 3 nitrogen and oxygen atoms in total. The molecule has 3 heterocycles. The minimum absolute atomic E-state index is 0.731. The summed E-state index contributed by atoms with van der Waals surface area (Å²) in [4.78, 5) is 10.5. The van der Waals surface area contributed by atoms with Crippen molar-refractivity contribution in [3.8, 4) is 61.7 Å². The molecule has 11 aromatic rings. The van der Waals surface area contributed by atoms with Crippen LogP contribution in [0.4, 0.5) is 0 Å². The lowest BCUT2D eigenvalue weighted by Crippen LogP contribution is -1.93. The summed E-state index contributed by atoms with van der Waals surface area (Å²) in [6.45, 7) is 0. The van der Waals surface area contributed by atoms with Gasteiger partial charge in [0.15, 0.2) is 5.82 Å². The van der Waals surface area contributed by atoms with E-state index in [2.05, 4.69) is 199 Å². The van der Waals surface area contributed by atoms with Crippen molar-refractivity contribution in [3.63, 3.8) is 0 Å². The highest BCUT2D eigenvalue weighted by atomic mass is 32.1. The topological polar surface area (TPSA) is 30.7 Å². The van der Waals surface area contributed by atoms with Crippen LogP contribution in [0.3, 0.4) is 0 Å². The van der Waals surface area contributed by atoms with E-state index in [1.54, 1.807) is 11.3 Å². The van der Waals surface area contributed by atoms with Crippen LogP contribution in [-0.2, 0) is 0 Å². The zero-order valence-corrected chi connectivity index (χ0v) is 31.1. The molecule has 0 saturated heterocycles. The van der Waals surface area contributed by atoms with Crippen molar-refractivity contribution in [1.82, 2.24) is 14.5 Å². The minimum Gasteiger partial charge on any atom is -0.309 e. The maximum absolute atomic E-state index is 5.28. The van der Waals surface area contributed by atoms with E-state index in [0.717, 1.165) is 43.8 Å². The molecule has 0 aliphatic heterocycles. The van der Waals surface area contributed by atoms with Crippen LogP contribution < -0.4 is 0 Å². The van der Waals surface area contributed by atoms with E-state index >= 15 is 0 Å². The highest BCUT2D eigenvalue weighted by Gasteiger charge is 2.18. The lowest BCUT2D eigenvalue weighted by Gasteiger charge is -2.10. The quantitative estimate of drug-likeness (QED) is 0.170. The van der Waals surface area contributed by atoms with Crippen LogP contribution in [0.1, 0.15) is 0 Å². The first-order valence-corrected chi connectivity index (χ1v) is 19.7. The molecule has 0 unspecified atom stereocenters. The van der Waals surface area contributed by atoms with E-state index in [9.17, 15) is 0 Å². The number of hydrogen-bond acceptors (Lipinski definition) is 3. The van der Waals surface area contributed by atoms with E-state index < -0.39 is 0 Å². The van der Waals surface area contributed by atoms with Gasteiger partial charge in [0.2, 0.25) is 0 Å². The van der Waals surface area contributed by atoms with E-state index in [-0.39, 0.29) is 0 Å². The second-order valence-electron chi connectivity index (χ2n) is 14.2. The van der Waals surface area contributed by atoms with Crippen LogP contribution in [0, 0.1) is 0 Å². The molecule has 56 heavy (non-hydrogen) atoms. The Morgan fingerprint density at radius 2 is 0.893 bits per heavy atom. The first-order valence-electron chi connectivity index (χ1n) is 18.9. The Hall–Kier alpha value is -7.14. The molecule has 0 radical (unpaired) electrons. The first-order chi connectivity index (χ1) is 27.7. The third-order valence-corrected chi connectivity index (χ3v) is 12.0. The SMILES string of the molecule is c1ccc(-c2cccc(-c3nc(-c4ccccc4)nc4c3sc3ccc(-c5cccc(-c6ccc7c(c6)c6ccccc6n7-c6ccccc6)c5)cc34)c2)cc1. The Kier molecular flexibility index (Phi) is 7.68. The smallest absolute Gasteiger partial charge is 0.160 e. The molecule has 0 N–H and O–H groups in total. The molecule has 8 aromatic carbocycles. The van der Waals surface area contributed by atoms with Gasteiger partial charge in [-0.2, -0.15) is 0 Å². The molecule has 11 rings (SSSR count). The van der Waals surface area contributed by atoms with Crippen molar-refractivity contribution in [2.75, 3.05) is 0 Å². The van der Waals surface area contributed by atoms with Gasteiger partial charge in [-0.15, -0.1) is 11.3 Å². The van der Waals surface area contributed by atoms with Gasteiger partial charge in [-0.05, 0) is 88.0 Å². The Balaban J connectivity index is 1.04. The van der Waals surface area contributed by atoms with E-state index in [1.165, 1.54) is 60.0 Å². The molecular formula is C52H33N3S. The Morgan fingerprint density at radius 1 is 0.357 bits per heavy atom. The van der Waals surface area contributed by atoms with Gasteiger partial charge in [0.25, 0.3) is 0 Å². The minimum atomic E-state index is 0.731. The van der Waals surface area contributed by atoms with E-state index in [0.29, 0.717) is 0 Å². The number of fused-ring (bicyclic) bond motifs is 6. The van der Waals surface area contributed by atoms with Crippen molar-refractivity contribution < 1.29 is 0 Å². The van der Waals surface area contributed by atoms with Crippen LogP contribution in [0.5, 0.6) is 0 Å². The summed E-state index contributed by atoms with van der Waals surface area (Å²) >= 11 is 1.77. The fourth-order valence-corrected chi connectivity index (χ4v) is 9.23. The second-order valence-corrected chi connectivity index (χ2v) is 15.3. The molecular weight excluding hydrogens is 699 g/mol. The van der Waals surface area contributed by atoms with Crippen LogP contribution in [0.15, 0.2) is 200 Å². The Morgan fingerprint density at radius 3 is 1.64 bits per heavy atom. The summed E-state index contributed by atoms with van der Waals surface area (Å²) in [6.07, 6.45) is 0. The van der Waals surface area contributed by atoms with E-state index in [1.807, 2.05) is 6.07 Å². The van der Waals surface area contributed by atoms with Crippen LogP contribution in [-0.4, -0.2) is 14.5 Å². The third kappa shape index (κ3) is 5.50. The van der Waals surface area contributed by atoms with Gasteiger partial charge in [-0.25, -0.2) is 9.97 Å². The van der Waals surface area contributed by atoms with Gasteiger partial charge in [0, 0.05) is 37.7 Å².